The lowest BCUT2D eigenvalue weighted by Crippen LogP contribution is -2.44. The van der Waals surface area contributed by atoms with E-state index in [0.29, 0.717) is 17.2 Å². The lowest BCUT2D eigenvalue weighted by atomic mass is 10.1. The molecule has 0 aliphatic heterocycles. The number of rotatable bonds is 9. The maximum atomic E-state index is 13.2. The van der Waals surface area contributed by atoms with Gasteiger partial charge in [-0.1, -0.05) is 31.2 Å². The molecule has 2 rings (SSSR count). The normalized spacial score (nSPS) is 13.8. The number of benzene rings is 2. The molecule has 2 amide bonds. The molecule has 0 fully saturated rings. The third-order valence-electron chi connectivity index (χ3n) is 4.85. The number of halogens is 3. The predicted molar refractivity (Wildman–Crippen MR) is 117 cm³/mol. The second kappa shape index (κ2) is 10.8. The molecule has 2 atom stereocenters. The summed E-state index contributed by atoms with van der Waals surface area (Å²) in [5, 5.41) is 5.35. The number of carbonyl (C=O) groups excluding carboxylic acids is 2. The van der Waals surface area contributed by atoms with Crippen LogP contribution in [0.5, 0.6) is 0 Å². The van der Waals surface area contributed by atoms with Crippen molar-refractivity contribution in [2.75, 3.05) is 0 Å². The zero-order valence-electron chi connectivity index (χ0n) is 18.4. The van der Waals surface area contributed by atoms with E-state index in [2.05, 4.69) is 10.6 Å². The fraction of sp³-hybridized carbons (Fsp3) is 0.364. The van der Waals surface area contributed by atoms with Crippen LogP contribution in [-0.4, -0.2) is 32.3 Å². The molecule has 0 aliphatic carbocycles. The van der Waals surface area contributed by atoms with Crippen molar-refractivity contribution >= 4 is 21.8 Å². The van der Waals surface area contributed by atoms with Crippen molar-refractivity contribution in [1.29, 1.82) is 0 Å². The minimum Gasteiger partial charge on any atom is -0.351 e. The van der Waals surface area contributed by atoms with Gasteiger partial charge in [0.05, 0.1) is 16.5 Å². The van der Waals surface area contributed by atoms with E-state index in [0.717, 1.165) is 18.6 Å². The van der Waals surface area contributed by atoms with Gasteiger partial charge in [0.15, 0.2) is 0 Å². The van der Waals surface area contributed by atoms with Crippen LogP contribution < -0.4 is 15.4 Å². The summed E-state index contributed by atoms with van der Waals surface area (Å²) >= 11 is 0. The standard InChI is InChI=1S/C22H26F3N3O4S/c1-4-14(2)27-21(30)17-9-7-8-16(12-17)13-26-20(29)15(3)28-33(31,32)19-11-6-5-10-18(19)22(23,24)25/h5-12,14-15,28H,4,13H2,1-3H3,(H,26,29)(H,27,30)/t14?,15-/m0/s1. The van der Waals surface area contributed by atoms with Crippen LogP contribution in [0.4, 0.5) is 13.2 Å². The Hall–Kier alpha value is -2.92. The minimum absolute atomic E-state index is 0.00259. The highest BCUT2D eigenvalue weighted by atomic mass is 32.2. The fourth-order valence-corrected chi connectivity index (χ4v) is 4.29. The number of sulfonamides is 1. The quantitative estimate of drug-likeness (QED) is 0.507. The first-order valence-corrected chi connectivity index (χ1v) is 11.7. The zero-order chi connectivity index (χ0) is 24.8. The van der Waals surface area contributed by atoms with Crippen molar-refractivity contribution in [3.05, 3.63) is 65.2 Å². The van der Waals surface area contributed by atoms with Gasteiger partial charge in [-0.05, 0) is 50.1 Å². The van der Waals surface area contributed by atoms with Crippen LogP contribution in [0.25, 0.3) is 0 Å². The lowest BCUT2D eigenvalue weighted by Gasteiger charge is -2.17. The molecule has 180 valence electrons. The van der Waals surface area contributed by atoms with Crippen LogP contribution in [0.1, 0.15) is 48.7 Å². The molecule has 7 nitrogen and oxygen atoms in total. The second-order valence-electron chi connectivity index (χ2n) is 7.54. The molecule has 0 spiro atoms. The maximum Gasteiger partial charge on any atom is 0.417 e. The Morgan fingerprint density at radius 2 is 1.70 bits per heavy atom. The summed E-state index contributed by atoms with van der Waals surface area (Å²) < 4.78 is 66.4. The van der Waals surface area contributed by atoms with Crippen molar-refractivity contribution in [3.8, 4) is 0 Å². The third kappa shape index (κ3) is 7.29. The van der Waals surface area contributed by atoms with E-state index in [9.17, 15) is 31.2 Å². The molecule has 33 heavy (non-hydrogen) atoms. The Balaban J connectivity index is 2.05. The lowest BCUT2D eigenvalue weighted by molar-refractivity contribution is -0.139. The first kappa shape index (κ1) is 26.3. The summed E-state index contributed by atoms with van der Waals surface area (Å²) in [6.07, 6.45) is -4.11. The van der Waals surface area contributed by atoms with Crippen LogP contribution in [0, 0.1) is 0 Å². The van der Waals surface area contributed by atoms with Gasteiger partial charge in [-0.15, -0.1) is 0 Å². The number of hydrogen-bond acceptors (Lipinski definition) is 4. The molecule has 0 heterocycles. The van der Waals surface area contributed by atoms with Crippen molar-refractivity contribution in [3.63, 3.8) is 0 Å². The Kier molecular flexibility index (Phi) is 8.62. The molecule has 2 aromatic carbocycles. The summed E-state index contributed by atoms with van der Waals surface area (Å²) in [4.78, 5) is 23.7. The van der Waals surface area contributed by atoms with E-state index in [-0.39, 0.29) is 18.5 Å². The van der Waals surface area contributed by atoms with E-state index >= 15 is 0 Å². The van der Waals surface area contributed by atoms with Gasteiger partial charge >= 0.3 is 6.18 Å². The minimum atomic E-state index is -4.87. The van der Waals surface area contributed by atoms with Gasteiger partial charge < -0.3 is 10.6 Å². The highest BCUT2D eigenvalue weighted by Crippen LogP contribution is 2.33. The highest BCUT2D eigenvalue weighted by molar-refractivity contribution is 7.89. The molecule has 11 heteroatoms. The Bertz CT molecular complexity index is 1100. The summed E-state index contributed by atoms with van der Waals surface area (Å²) in [6.45, 7) is 5.03. The van der Waals surface area contributed by atoms with E-state index in [4.69, 9.17) is 0 Å². The highest BCUT2D eigenvalue weighted by Gasteiger charge is 2.37. The molecule has 1 unspecified atom stereocenters. The first-order chi connectivity index (χ1) is 15.3. The summed E-state index contributed by atoms with van der Waals surface area (Å²) in [6, 6.07) is 8.92. The van der Waals surface area contributed by atoms with Crippen LogP contribution in [-0.2, 0) is 27.5 Å². The van der Waals surface area contributed by atoms with Gasteiger partial charge in [0, 0.05) is 18.2 Å². The van der Waals surface area contributed by atoms with Gasteiger partial charge in [0.2, 0.25) is 15.9 Å². The topological polar surface area (TPSA) is 104 Å². The fourth-order valence-electron chi connectivity index (χ4n) is 2.86. The van der Waals surface area contributed by atoms with Crippen molar-refractivity contribution in [2.45, 2.75) is 56.9 Å². The van der Waals surface area contributed by atoms with Crippen LogP contribution in [0.2, 0.25) is 0 Å². The van der Waals surface area contributed by atoms with Gasteiger partial charge in [-0.3, -0.25) is 9.59 Å². The molecule has 0 aromatic heterocycles. The first-order valence-electron chi connectivity index (χ1n) is 10.2. The predicted octanol–water partition coefficient (Wildman–Crippen LogP) is 3.22. The average molecular weight is 486 g/mol. The molecule has 0 bridgehead atoms. The number of hydrogen-bond donors (Lipinski definition) is 3. The zero-order valence-corrected chi connectivity index (χ0v) is 19.2. The van der Waals surface area contributed by atoms with Crippen LogP contribution in [0.15, 0.2) is 53.4 Å². The molecule has 0 radical (unpaired) electrons. The van der Waals surface area contributed by atoms with Crippen LogP contribution >= 0.6 is 0 Å². The molecule has 0 saturated heterocycles. The van der Waals surface area contributed by atoms with Gasteiger partial charge in [0.25, 0.3) is 5.91 Å². The van der Waals surface area contributed by atoms with E-state index in [1.54, 1.807) is 24.3 Å². The average Bonchev–Trinajstić information content (AvgIpc) is 2.76. The van der Waals surface area contributed by atoms with Gasteiger partial charge in [-0.25, -0.2) is 8.42 Å². The smallest absolute Gasteiger partial charge is 0.351 e. The SMILES string of the molecule is CCC(C)NC(=O)c1cccc(CNC(=O)[C@H](C)NS(=O)(=O)c2ccccc2C(F)(F)F)c1. The monoisotopic (exact) mass is 485 g/mol. The molecule has 0 aliphatic rings. The summed E-state index contributed by atoms with van der Waals surface area (Å²) in [7, 11) is -4.62. The van der Waals surface area contributed by atoms with E-state index < -0.39 is 38.6 Å². The molecule has 3 N–H and O–H groups in total. The summed E-state index contributed by atoms with van der Waals surface area (Å²) in [5.41, 5.74) is -0.324. The van der Waals surface area contributed by atoms with Crippen molar-refractivity contribution < 1.29 is 31.2 Å². The van der Waals surface area contributed by atoms with Gasteiger partial charge in [-0.2, -0.15) is 17.9 Å². The Labute approximate surface area is 190 Å². The summed E-state index contributed by atoms with van der Waals surface area (Å²) in [5.74, 6) is -1.00. The van der Waals surface area contributed by atoms with Gasteiger partial charge in [0.1, 0.15) is 0 Å². The van der Waals surface area contributed by atoms with Crippen molar-refractivity contribution in [1.82, 2.24) is 15.4 Å². The Morgan fingerprint density at radius 3 is 2.33 bits per heavy atom. The number of alkyl halides is 3. The molecular weight excluding hydrogens is 459 g/mol. The van der Waals surface area contributed by atoms with Crippen LogP contribution in [0.3, 0.4) is 0 Å². The third-order valence-corrected chi connectivity index (χ3v) is 6.45. The van der Waals surface area contributed by atoms with E-state index in [1.807, 2.05) is 18.6 Å². The number of carbonyl (C=O) groups is 2. The molecule has 0 saturated carbocycles. The van der Waals surface area contributed by atoms with Crippen molar-refractivity contribution in [2.24, 2.45) is 0 Å². The second-order valence-corrected chi connectivity index (χ2v) is 9.22. The van der Waals surface area contributed by atoms with E-state index in [1.165, 1.54) is 13.0 Å². The molecular formula is C22H26F3N3O4S. The Morgan fingerprint density at radius 1 is 1.03 bits per heavy atom. The maximum absolute atomic E-state index is 13.2. The number of nitrogens with one attached hydrogen (secondary N) is 3. The number of amides is 2. The largest absolute Gasteiger partial charge is 0.417 e. The molecule has 2 aromatic rings.